The van der Waals surface area contributed by atoms with Crippen molar-refractivity contribution in [2.24, 2.45) is 17.8 Å². The number of hydrogen-bond acceptors (Lipinski definition) is 1. The first-order chi connectivity index (χ1) is 9.95. The number of halogens is 2. The van der Waals surface area contributed by atoms with E-state index < -0.39 is 11.6 Å². The third kappa shape index (κ3) is 4.77. The van der Waals surface area contributed by atoms with Crippen molar-refractivity contribution in [2.45, 2.75) is 52.5 Å². The number of hydrogen-bond donors (Lipinski definition) is 1. The Morgan fingerprint density at radius 3 is 2.57 bits per heavy atom. The molecule has 0 aromatic heterocycles. The fraction of sp³-hybridized carbons (Fsp3) is 0.667. The Balaban J connectivity index is 2.03. The molecule has 21 heavy (non-hydrogen) atoms. The van der Waals surface area contributed by atoms with E-state index in [1.54, 1.807) is 6.07 Å². The Labute approximate surface area is 127 Å². The van der Waals surface area contributed by atoms with Crippen LogP contribution in [-0.4, -0.2) is 12.6 Å². The molecule has 2 rings (SSSR count). The third-order valence-electron chi connectivity index (χ3n) is 4.67. The van der Waals surface area contributed by atoms with Crippen LogP contribution in [0.5, 0.6) is 0 Å². The van der Waals surface area contributed by atoms with E-state index in [-0.39, 0.29) is 0 Å². The lowest BCUT2D eigenvalue weighted by Gasteiger charge is -2.35. The van der Waals surface area contributed by atoms with E-state index >= 15 is 0 Å². The van der Waals surface area contributed by atoms with E-state index in [1.165, 1.54) is 31.4 Å². The van der Waals surface area contributed by atoms with Crippen LogP contribution in [0.25, 0.3) is 0 Å². The fourth-order valence-corrected chi connectivity index (χ4v) is 3.44. The second-order valence-electron chi connectivity index (χ2n) is 6.95. The van der Waals surface area contributed by atoms with Gasteiger partial charge in [0, 0.05) is 6.04 Å². The molecule has 3 unspecified atom stereocenters. The Kier molecular flexibility index (Phi) is 5.74. The predicted octanol–water partition coefficient (Wildman–Crippen LogP) is 4.56. The molecule has 0 amide bonds. The highest BCUT2D eigenvalue weighted by molar-refractivity contribution is 5.18. The molecule has 0 radical (unpaired) electrons. The lowest BCUT2D eigenvalue weighted by molar-refractivity contribution is 0.181. The molecule has 3 heteroatoms. The number of nitrogens with one attached hydrogen (secondary N) is 1. The fourth-order valence-electron chi connectivity index (χ4n) is 3.44. The number of rotatable bonds is 5. The molecule has 0 saturated heterocycles. The maximum Gasteiger partial charge on any atom is 0.159 e. The van der Waals surface area contributed by atoms with Crippen LogP contribution in [0.15, 0.2) is 18.2 Å². The Morgan fingerprint density at radius 2 is 1.90 bits per heavy atom. The first-order valence-corrected chi connectivity index (χ1v) is 8.13. The molecule has 0 heterocycles. The first kappa shape index (κ1) is 16.4. The van der Waals surface area contributed by atoms with Gasteiger partial charge < -0.3 is 5.32 Å². The van der Waals surface area contributed by atoms with E-state index in [2.05, 4.69) is 26.1 Å². The summed E-state index contributed by atoms with van der Waals surface area (Å²) >= 11 is 0. The largest absolute Gasteiger partial charge is 0.314 e. The van der Waals surface area contributed by atoms with Gasteiger partial charge in [0.05, 0.1) is 0 Å². The van der Waals surface area contributed by atoms with Crippen molar-refractivity contribution in [2.75, 3.05) is 6.54 Å². The minimum absolute atomic E-state index is 0.494. The van der Waals surface area contributed by atoms with E-state index in [9.17, 15) is 8.78 Å². The highest BCUT2D eigenvalue weighted by atomic mass is 19.2. The molecule has 1 nitrogen and oxygen atoms in total. The zero-order valence-corrected chi connectivity index (χ0v) is 13.3. The van der Waals surface area contributed by atoms with Crippen LogP contribution in [-0.2, 0) is 6.42 Å². The zero-order valence-electron chi connectivity index (χ0n) is 13.3. The van der Waals surface area contributed by atoms with Crippen molar-refractivity contribution in [1.82, 2.24) is 5.32 Å². The van der Waals surface area contributed by atoms with Gasteiger partial charge in [0.15, 0.2) is 11.6 Å². The van der Waals surface area contributed by atoms with Gasteiger partial charge in [0.25, 0.3) is 0 Å². The van der Waals surface area contributed by atoms with E-state index in [1.807, 2.05) is 0 Å². The van der Waals surface area contributed by atoms with Crippen molar-refractivity contribution in [3.05, 3.63) is 35.4 Å². The summed E-state index contributed by atoms with van der Waals surface area (Å²) in [7, 11) is 0. The smallest absolute Gasteiger partial charge is 0.159 e. The van der Waals surface area contributed by atoms with Gasteiger partial charge in [-0.25, -0.2) is 8.78 Å². The van der Waals surface area contributed by atoms with Gasteiger partial charge in [0.2, 0.25) is 0 Å². The summed E-state index contributed by atoms with van der Waals surface area (Å²) in [4.78, 5) is 0. The van der Waals surface area contributed by atoms with Crippen LogP contribution >= 0.6 is 0 Å². The molecular formula is C18H27F2N. The van der Waals surface area contributed by atoms with Crippen LogP contribution in [0.4, 0.5) is 8.78 Å². The molecule has 118 valence electrons. The van der Waals surface area contributed by atoms with Gasteiger partial charge >= 0.3 is 0 Å². The summed E-state index contributed by atoms with van der Waals surface area (Å²) in [5.74, 6) is 0.444. The van der Waals surface area contributed by atoms with E-state index in [0.29, 0.717) is 17.9 Å². The van der Waals surface area contributed by atoms with Gasteiger partial charge in [-0.1, -0.05) is 33.3 Å². The molecule has 0 aliphatic heterocycles. The molecular weight excluding hydrogens is 268 g/mol. The van der Waals surface area contributed by atoms with Gasteiger partial charge in [-0.05, 0) is 61.3 Å². The van der Waals surface area contributed by atoms with Gasteiger partial charge in [-0.15, -0.1) is 0 Å². The van der Waals surface area contributed by atoms with Crippen LogP contribution in [0, 0.1) is 29.4 Å². The first-order valence-electron chi connectivity index (χ1n) is 8.13. The zero-order chi connectivity index (χ0) is 15.4. The molecule has 3 atom stereocenters. The van der Waals surface area contributed by atoms with Gasteiger partial charge in [-0.2, -0.15) is 0 Å². The summed E-state index contributed by atoms with van der Waals surface area (Å²) in [6.07, 6.45) is 4.55. The Morgan fingerprint density at radius 1 is 1.14 bits per heavy atom. The van der Waals surface area contributed by atoms with E-state index in [0.717, 1.165) is 24.4 Å². The molecule has 0 spiro atoms. The van der Waals surface area contributed by atoms with Gasteiger partial charge in [0.1, 0.15) is 0 Å². The molecule has 1 saturated carbocycles. The topological polar surface area (TPSA) is 12.0 Å². The van der Waals surface area contributed by atoms with Gasteiger partial charge in [-0.3, -0.25) is 0 Å². The Hall–Kier alpha value is -0.960. The number of benzene rings is 1. The monoisotopic (exact) mass is 295 g/mol. The summed E-state index contributed by atoms with van der Waals surface area (Å²) < 4.78 is 26.4. The van der Waals surface area contributed by atoms with Crippen LogP contribution < -0.4 is 5.32 Å². The maximum atomic E-state index is 13.4. The average molecular weight is 295 g/mol. The molecule has 1 aromatic rings. The third-order valence-corrected chi connectivity index (χ3v) is 4.67. The molecule has 1 aliphatic carbocycles. The lowest BCUT2D eigenvalue weighted by Crippen LogP contribution is -2.36. The van der Waals surface area contributed by atoms with E-state index in [4.69, 9.17) is 0 Å². The quantitative estimate of drug-likeness (QED) is 0.840. The predicted molar refractivity (Wildman–Crippen MR) is 83.2 cm³/mol. The SMILES string of the molecule is CC1CCC(CNC(C)C)C(Cc2ccc(F)c(F)c2)C1. The molecule has 1 aromatic carbocycles. The maximum absolute atomic E-state index is 13.4. The summed E-state index contributed by atoms with van der Waals surface area (Å²) in [5, 5.41) is 3.53. The normalized spacial score (nSPS) is 26.3. The second kappa shape index (κ2) is 7.35. The molecule has 0 bridgehead atoms. The van der Waals surface area contributed by atoms with Crippen molar-refractivity contribution in [1.29, 1.82) is 0 Å². The minimum atomic E-state index is -0.756. The lowest BCUT2D eigenvalue weighted by atomic mass is 9.72. The summed E-state index contributed by atoms with van der Waals surface area (Å²) in [6.45, 7) is 7.65. The molecule has 1 fully saturated rings. The summed E-state index contributed by atoms with van der Waals surface area (Å²) in [6, 6.07) is 4.83. The van der Waals surface area contributed by atoms with Crippen LogP contribution in [0.3, 0.4) is 0 Å². The average Bonchev–Trinajstić information content (AvgIpc) is 2.42. The van der Waals surface area contributed by atoms with Crippen molar-refractivity contribution < 1.29 is 8.78 Å². The second-order valence-corrected chi connectivity index (χ2v) is 6.95. The van der Waals surface area contributed by atoms with Crippen LogP contribution in [0.1, 0.15) is 45.6 Å². The van der Waals surface area contributed by atoms with Crippen LogP contribution in [0.2, 0.25) is 0 Å². The van der Waals surface area contributed by atoms with Crippen molar-refractivity contribution in [3.8, 4) is 0 Å². The Bertz CT molecular complexity index is 459. The molecule has 1 N–H and O–H groups in total. The summed E-state index contributed by atoms with van der Waals surface area (Å²) in [5.41, 5.74) is 0.919. The van der Waals surface area contributed by atoms with Crippen molar-refractivity contribution >= 4 is 0 Å². The minimum Gasteiger partial charge on any atom is -0.314 e. The molecule has 1 aliphatic rings. The van der Waals surface area contributed by atoms with Crippen molar-refractivity contribution in [3.63, 3.8) is 0 Å². The standard InChI is InChI=1S/C18H27F2N/c1-12(2)21-11-15-6-4-13(3)8-16(15)9-14-5-7-17(19)18(20)10-14/h5,7,10,12-13,15-16,21H,4,6,8-9,11H2,1-3H3. The highest BCUT2D eigenvalue weighted by Gasteiger charge is 2.28. The highest BCUT2D eigenvalue weighted by Crippen LogP contribution is 2.35.